The largest absolute Gasteiger partial charge is 0.334 e. The van der Waals surface area contributed by atoms with Crippen LogP contribution in [0.4, 0.5) is 0 Å². The first-order valence-corrected chi connectivity index (χ1v) is 8.23. The first-order chi connectivity index (χ1) is 10.6. The predicted octanol–water partition coefficient (Wildman–Crippen LogP) is 2.24. The van der Waals surface area contributed by atoms with Crippen LogP contribution in [-0.2, 0) is 0 Å². The summed E-state index contributed by atoms with van der Waals surface area (Å²) in [6.07, 6.45) is 2.99. The van der Waals surface area contributed by atoms with E-state index in [2.05, 4.69) is 20.9 Å². The summed E-state index contributed by atoms with van der Waals surface area (Å²) in [7, 11) is 0. The SMILES string of the molecule is NCC1CCCCN1C(=O)c1cc(=O)[nH]c2c(Br)cccc12. The number of carbonyl (C=O) groups excluding carboxylic acids is 1. The van der Waals surface area contributed by atoms with Crippen LogP contribution in [0, 0.1) is 0 Å². The third-order valence-electron chi connectivity index (χ3n) is 4.22. The Hall–Kier alpha value is -1.66. The Bertz CT molecular complexity index is 772. The van der Waals surface area contributed by atoms with Crippen molar-refractivity contribution in [1.29, 1.82) is 0 Å². The number of hydrogen-bond donors (Lipinski definition) is 2. The number of aromatic nitrogens is 1. The van der Waals surface area contributed by atoms with Crippen LogP contribution in [0.5, 0.6) is 0 Å². The molecule has 0 radical (unpaired) electrons. The zero-order valence-corrected chi connectivity index (χ0v) is 13.7. The minimum absolute atomic E-state index is 0.0581. The number of benzene rings is 1. The van der Waals surface area contributed by atoms with Gasteiger partial charge in [0.15, 0.2) is 0 Å². The van der Waals surface area contributed by atoms with Crippen molar-refractivity contribution in [1.82, 2.24) is 9.88 Å². The van der Waals surface area contributed by atoms with E-state index in [0.717, 1.165) is 29.1 Å². The molecule has 1 aromatic heterocycles. The summed E-state index contributed by atoms with van der Waals surface area (Å²) in [6, 6.07) is 7.00. The number of likely N-dealkylation sites (tertiary alicyclic amines) is 1. The predicted molar refractivity (Wildman–Crippen MR) is 90.0 cm³/mol. The molecule has 3 rings (SSSR count). The molecule has 2 heterocycles. The van der Waals surface area contributed by atoms with E-state index in [1.807, 2.05) is 23.1 Å². The van der Waals surface area contributed by atoms with Gasteiger partial charge in [-0.1, -0.05) is 12.1 Å². The number of pyridine rings is 1. The number of halogens is 1. The third kappa shape index (κ3) is 2.68. The maximum atomic E-state index is 12.9. The lowest BCUT2D eigenvalue weighted by Crippen LogP contribution is -2.47. The van der Waals surface area contributed by atoms with E-state index < -0.39 is 0 Å². The molecule has 3 N–H and O–H groups in total. The van der Waals surface area contributed by atoms with Crippen LogP contribution in [0.15, 0.2) is 33.5 Å². The molecule has 1 saturated heterocycles. The second-order valence-electron chi connectivity index (χ2n) is 5.59. The average molecular weight is 364 g/mol. The van der Waals surface area contributed by atoms with E-state index >= 15 is 0 Å². The van der Waals surface area contributed by atoms with E-state index in [9.17, 15) is 9.59 Å². The number of amides is 1. The first kappa shape index (κ1) is 15.2. The maximum Gasteiger partial charge on any atom is 0.255 e. The fraction of sp³-hybridized carbons (Fsp3) is 0.375. The topological polar surface area (TPSA) is 79.2 Å². The number of rotatable bonds is 2. The number of carbonyl (C=O) groups is 1. The molecule has 1 atom stereocenters. The van der Waals surface area contributed by atoms with Crippen molar-refractivity contribution >= 4 is 32.7 Å². The minimum Gasteiger partial charge on any atom is -0.334 e. The average Bonchev–Trinajstić information content (AvgIpc) is 2.54. The summed E-state index contributed by atoms with van der Waals surface area (Å²) in [5.74, 6) is -0.107. The summed E-state index contributed by atoms with van der Waals surface area (Å²) in [6.45, 7) is 1.15. The summed E-state index contributed by atoms with van der Waals surface area (Å²) < 4.78 is 0.769. The van der Waals surface area contributed by atoms with Gasteiger partial charge in [0.1, 0.15) is 0 Å². The summed E-state index contributed by atoms with van der Waals surface area (Å²) in [4.78, 5) is 29.5. The highest BCUT2D eigenvalue weighted by atomic mass is 79.9. The van der Waals surface area contributed by atoms with Crippen LogP contribution in [0.1, 0.15) is 29.6 Å². The smallest absolute Gasteiger partial charge is 0.255 e. The van der Waals surface area contributed by atoms with E-state index in [0.29, 0.717) is 24.2 Å². The standard InChI is InChI=1S/C16H18BrN3O2/c17-13-6-3-5-11-12(8-14(21)19-15(11)13)16(22)20-7-2-1-4-10(20)9-18/h3,5-6,8,10H,1-2,4,7,9,18H2,(H,19,21). The van der Waals surface area contributed by atoms with Crippen molar-refractivity contribution in [2.24, 2.45) is 5.73 Å². The number of nitrogens with one attached hydrogen (secondary N) is 1. The fourth-order valence-corrected chi connectivity index (χ4v) is 3.55. The molecular formula is C16H18BrN3O2. The van der Waals surface area contributed by atoms with Gasteiger partial charge in [0, 0.05) is 35.1 Å². The van der Waals surface area contributed by atoms with Gasteiger partial charge in [0.05, 0.1) is 11.1 Å². The molecule has 2 aromatic rings. The third-order valence-corrected chi connectivity index (χ3v) is 4.88. The highest BCUT2D eigenvalue weighted by Crippen LogP contribution is 2.26. The molecule has 0 saturated carbocycles. The maximum absolute atomic E-state index is 12.9. The summed E-state index contributed by atoms with van der Waals surface area (Å²) in [5, 5.41) is 0.750. The van der Waals surface area contributed by atoms with Crippen LogP contribution in [0.25, 0.3) is 10.9 Å². The quantitative estimate of drug-likeness (QED) is 0.858. The molecule has 0 spiro atoms. The summed E-state index contributed by atoms with van der Waals surface area (Å²) >= 11 is 3.42. The summed E-state index contributed by atoms with van der Waals surface area (Å²) in [5.41, 5.74) is 6.63. The van der Waals surface area contributed by atoms with E-state index in [-0.39, 0.29) is 17.5 Å². The lowest BCUT2D eigenvalue weighted by molar-refractivity contribution is 0.0625. The minimum atomic E-state index is -0.274. The monoisotopic (exact) mass is 363 g/mol. The van der Waals surface area contributed by atoms with Gasteiger partial charge in [-0.2, -0.15) is 0 Å². The zero-order chi connectivity index (χ0) is 15.7. The van der Waals surface area contributed by atoms with E-state index in [4.69, 9.17) is 5.73 Å². The van der Waals surface area contributed by atoms with Gasteiger partial charge in [0.25, 0.3) is 5.91 Å². The van der Waals surface area contributed by atoms with Gasteiger partial charge in [-0.15, -0.1) is 0 Å². The Kier molecular flexibility index (Phi) is 4.31. The van der Waals surface area contributed by atoms with Crippen molar-refractivity contribution in [2.45, 2.75) is 25.3 Å². The lowest BCUT2D eigenvalue weighted by atomic mass is 10.00. The van der Waals surface area contributed by atoms with Gasteiger partial charge < -0.3 is 15.6 Å². The molecule has 22 heavy (non-hydrogen) atoms. The van der Waals surface area contributed by atoms with Crippen molar-refractivity contribution in [3.05, 3.63) is 44.7 Å². The van der Waals surface area contributed by atoms with Crippen molar-refractivity contribution in [2.75, 3.05) is 13.1 Å². The molecule has 1 aliphatic rings. The molecule has 1 aliphatic heterocycles. The zero-order valence-electron chi connectivity index (χ0n) is 12.1. The van der Waals surface area contributed by atoms with Crippen LogP contribution in [0.3, 0.4) is 0 Å². The number of aromatic amines is 1. The van der Waals surface area contributed by atoms with Crippen molar-refractivity contribution in [3.8, 4) is 0 Å². The lowest BCUT2D eigenvalue weighted by Gasteiger charge is -2.35. The number of nitrogens with zero attached hydrogens (tertiary/aromatic N) is 1. The molecule has 0 bridgehead atoms. The van der Waals surface area contributed by atoms with Gasteiger partial charge >= 0.3 is 0 Å². The molecule has 1 unspecified atom stereocenters. The highest BCUT2D eigenvalue weighted by Gasteiger charge is 2.27. The molecule has 1 aromatic carbocycles. The van der Waals surface area contributed by atoms with Crippen LogP contribution in [0.2, 0.25) is 0 Å². The normalized spacial score (nSPS) is 18.6. The highest BCUT2D eigenvalue weighted by molar-refractivity contribution is 9.10. The molecule has 6 heteroatoms. The fourth-order valence-electron chi connectivity index (χ4n) is 3.09. The van der Waals surface area contributed by atoms with Crippen LogP contribution >= 0.6 is 15.9 Å². The van der Waals surface area contributed by atoms with Crippen molar-refractivity contribution < 1.29 is 4.79 Å². The Morgan fingerprint density at radius 2 is 2.23 bits per heavy atom. The molecule has 1 fully saturated rings. The van der Waals surface area contributed by atoms with Gasteiger partial charge in [-0.25, -0.2) is 0 Å². The van der Waals surface area contributed by atoms with E-state index in [1.165, 1.54) is 6.07 Å². The number of piperidine rings is 1. The number of hydrogen-bond acceptors (Lipinski definition) is 3. The molecule has 5 nitrogen and oxygen atoms in total. The molecular weight excluding hydrogens is 346 g/mol. The second kappa shape index (κ2) is 6.22. The van der Waals surface area contributed by atoms with Gasteiger partial charge in [-0.05, 0) is 41.3 Å². The number of H-pyrrole nitrogens is 1. The Morgan fingerprint density at radius 1 is 1.41 bits per heavy atom. The second-order valence-corrected chi connectivity index (χ2v) is 6.45. The molecule has 1 amide bonds. The van der Waals surface area contributed by atoms with Crippen molar-refractivity contribution in [3.63, 3.8) is 0 Å². The number of fused-ring (bicyclic) bond motifs is 1. The number of para-hydroxylation sites is 1. The van der Waals surface area contributed by atoms with Gasteiger partial charge in [0.2, 0.25) is 5.56 Å². The van der Waals surface area contributed by atoms with Gasteiger partial charge in [-0.3, -0.25) is 9.59 Å². The van der Waals surface area contributed by atoms with Crippen LogP contribution < -0.4 is 11.3 Å². The Balaban J connectivity index is 2.11. The number of nitrogens with two attached hydrogens (primary N) is 1. The molecule has 116 valence electrons. The van der Waals surface area contributed by atoms with Crippen LogP contribution in [-0.4, -0.2) is 34.9 Å². The first-order valence-electron chi connectivity index (χ1n) is 7.44. The Labute approximate surface area is 136 Å². The molecule has 0 aliphatic carbocycles. The van der Waals surface area contributed by atoms with E-state index in [1.54, 1.807) is 0 Å². The Morgan fingerprint density at radius 3 is 3.00 bits per heavy atom.